The van der Waals surface area contributed by atoms with E-state index in [0.29, 0.717) is 32.9 Å². The van der Waals surface area contributed by atoms with Gasteiger partial charge in [-0.1, -0.05) is 66.7 Å². The van der Waals surface area contributed by atoms with Crippen molar-refractivity contribution in [3.05, 3.63) is 86.8 Å². The van der Waals surface area contributed by atoms with Gasteiger partial charge in [-0.15, -0.1) is 10.2 Å². The summed E-state index contributed by atoms with van der Waals surface area (Å²) in [5.74, 6) is -0.410. The van der Waals surface area contributed by atoms with Gasteiger partial charge in [0.15, 0.2) is 10.1 Å². The molecular weight excluding hydrogens is 576 g/mol. The molecule has 2 aliphatic rings. The third-order valence-electron chi connectivity index (χ3n) is 7.29. The van der Waals surface area contributed by atoms with E-state index in [1.165, 1.54) is 23.1 Å². The molecule has 0 saturated carbocycles. The second-order valence-corrected chi connectivity index (χ2v) is 13.6. The lowest BCUT2D eigenvalue weighted by Gasteiger charge is -2.42. The maximum Gasteiger partial charge on any atom is 0.234 e. The number of nitrogens with zero attached hydrogens (tertiary/aromatic N) is 4. The molecule has 3 N–H and O–H groups in total. The number of Topliss-reactive ketones (excluding diaryl/α,β-unsaturated/α-hetero) is 1. The van der Waals surface area contributed by atoms with Crippen molar-refractivity contribution in [3.63, 3.8) is 0 Å². The quantitative estimate of drug-likeness (QED) is 0.306. The second kappa shape index (κ2) is 11.3. The first-order valence-corrected chi connectivity index (χ1v) is 15.2. The molecule has 2 aromatic carbocycles. The summed E-state index contributed by atoms with van der Waals surface area (Å²) in [6, 6.07) is 15.2. The SMILES string of the molecule is Cc1ccc(NC(=O)CSc2nnc(N3C(N)=C(C#N)C(c4ccc(Cl)cc4)C4=C3CC(C)(C)CC4=O)s2)cc1C. The number of aryl methyl sites for hydroxylation is 2. The van der Waals surface area contributed by atoms with Crippen LogP contribution in [-0.2, 0) is 9.59 Å². The summed E-state index contributed by atoms with van der Waals surface area (Å²) in [5, 5.41) is 22.8. The highest BCUT2D eigenvalue weighted by atomic mass is 35.5. The molecule has 0 spiro atoms. The highest BCUT2D eigenvalue weighted by Crippen LogP contribution is 2.50. The lowest BCUT2D eigenvalue weighted by atomic mass is 9.69. The minimum atomic E-state index is -0.594. The Morgan fingerprint density at radius 3 is 2.61 bits per heavy atom. The molecule has 0 radical (unpaired) electrons. The topological polar surface area (TPSA) is 125 Å². The fraction of sp³-hybridized carbons (Fsp3) is 0.300. The monoisotopic (exact) mass is 604 g/mol. The summed E-state index contributed by atoms with van der Waals surface area (Å²) in [7, 11) is 0. The molecular formula is C30H29ClN6O2S2. The van der Waals surface area contributed by atoms with Crippen LogP contribution in [-0.4, -0.2) is 27.6 Å². The Labute approximate surface area is 252 Å². The average molecular weight is 605 g/mol. The number of amides is 1. The molecule has 1 unspecified atom stereocenters. The molecule has 11 heteroatoms. The van der Waals surface area contributed by atoms with Crippen LogP contribution in [0.4, 0.5) is 10.8 Å². The van der Waals surface area contributed by atoms with E-state index in [1.807, 2.05) is 58.0 Å². The Balaban J connectivity index is 1.45. The summed E-state index contributed by atoms with van der Waals surface area (Å²) in [6.45, 7) is 8.11. The van der Waals surface area contributed by atoms with E-state index in [4.69, 9.17) is 17.3 Å². The second-order valence-electron chi connectivity index (χ2n) is 11.0. The van der Waals surface area contributed by atoms with Crippen molar-refractivity contribution in [1.29, 1.82) is 5.26 Å². The van der Waals surface area contributed by atoms with Gasteiger partial charge in [-0.25, -0.2) is 0 Å². The van der Waals surface area contributed by atoms with Crippen molar-refractivity contribution in [3.8, 4) is 6.07 Å². The Morgan fingerprint density at radius 1 is 1.20 bits per heavy atom. The van der Waals surface area contributed by atoms with Gasteiger partial charge in [-0.2, -0.15) is 5.26 Å². The van der Waals surface area contributed by atoms with Crippen molar-refractivity contribution in [1.82, 2.24) is 10.2 Å². The zero-order chi connectivity index (χ0) is 29.5. The van der Waals surface area contributed by atoms with Gasteiger partial charge in [0.1, 0.15) is 5.82 Å². The lowest BCUT2D eigenvalue weighted by Crippen LogP contribution is -2.42. The molecule has 1 aliphatic carbocycles. The molecule has 8 nitrogen and oxygen atoms in total. The van der Waals surface area contributed by atoms with Gasteiger partial charge in [-0.05, 0) is 66.6 Å². The van der Waals surface area contributed by atoms with Gasteiger partial charge in [-0.3, -0.25) is 14.5 Å². The van der Waals surface area contributed by atoms with Crippen molar-refractivity contribution in [2.24, 2.45) is 11.1 Å². The van der Waals surface area contributed by atoms with Crippen LogP contribution < -0.4 is 16.0 Å². The Bertz CT molecular complexity index is 1650. The molecule has 5 rings (SSSR count). The molecule has 210 valence electrons. The van der Waals surface area contributed by atoms with Crippen LogP contribution in [0.2, 0.25) is 5.02 Å². The number of hydrogen-bond donors (Lipinski definition) is 2. The van der Waals surface area contributed by atoms with Gasteiger partial charge < -0.3 is 11.1 Å². The first kappa shape index (κ1) is 28.9. The third kappa shape index (κ3) is 5.89. The molecule has 0 saturated heterocycles. The molecule has 1 aromatic heterocycles. The molecule has 2 heterocycles. The predicted octanol–water partition coefficient (Wildman–Crippen LogP) is 6.48. The number of thioether (sulfide) groups is 1. The fourth-order valence-electron chi connectivity index (χ4n) is 5.21. The highest BCUT2D eigenvalue weighted by Gasteiger charge is 2.45. The number of hydrogen-bond acceptors (Lipinski definition) is 9. The van der Waals surface area contributed by atoms with Crippen molar-refractivity contribution in [2.45, 2.75) is 50.8 Å². The molecule has 1 atom stereocenters. The minimum Gasteiger partial charge on any atom is -0.384 e. The molecule has 0 bridgehead atoms. The van der Waals surface area contributed by atoms with E-state index < -0.39 is 5.92 Å². The largest absolute Gasteiger partial charge is 0.384 e. The number of aromatic nitrogens is 2. The van der Waals surface area contributed by atoms with Crippen molar-refractivity contribution in [2.75, 3.05) is 16.0 Å². The number of anilines is 2. The zero-order valence-electron chi connectivity index (χ0n) is 23.1. The van der Waals surface area contributed by atoms with Gasteiger partial charge in [0.2, 0.25) is 11.0 Å². The number of benzene rings is 2. The number of ketones is 1. The number of nitrogens with one attached hydrogen (secondary N) is 1. The van der Waals surface area contributed by atoms with E-state index in [0.717, 1.165) is 28.1 Å². The van der Waals surface area contributed by atoms with Crippen LogP contribution in [0, 0.1) is 30.6 Å². The number of nitriles is 1. The van der Waals surface area contributed by atoms with Crippen LogP contribution in [0.1, 0.15) is 49.3 Å². The van der Waals surface area contributed by atoms with Crippen molar-refractivity contribution >= 4 is 57.2 Å². The highest BCUT2D eigenvalue weighted by molar-refractivity contribution is 8.01. The molecule has 1 amide bonds. The normalized spacial score (nSPS) is 18.3. The average Bonchev–Trinajstić information content (AvgIpc) is 3.37. The summed E-state index contributed by atoms with van der Waals surface area (Å²) >= 11 is 8.66. The Morgan fingerprint density at radius 2 is 1.93 bits per heavy atom. The Kier molecular flexibility index (Phi) is 7.97. The van der Waals surface area contributed by atoms with E-state index >= 15 is 0 Å². The van der Waals surface area contributed by atoms with Gasteiger partial charge in [0.25, 0.3) is 0 Å². The van der Waals surface area contributed by atoms with Crippen LogP contribution in [0.3, 0.4) is 0 Å². The van der Waals surface area contributed by atoms with Gasteiger partial charge in [0, 0.05) is 28.4 Å². The number of carbonyl (C=O) groups excluding carboxylic acids is 2. The zero-order valence-corrected chi connectivity index (χ0v) is 25.5. The minimum absolute atomic E-state index is 0.0245. The first-order valence-electron chi connectivity index (χ1n) is 13.0. The third-order valence-corrected chi connectivity index (χ3v) is 9.58. The predicted molar refractivity (Wildman–Crippen MR) is 164 cm³/mol. The fourth-order valence-corrected chi connectivity index (χ4v) is 7.02. The van der Waals surface area contributed by atoms with Gasteiger partial charge >= 0.3 is 0 Å². The molecule has 3 aromatic rings. The Hall–Kier alpha value is -3.65. The maximum absolute atomic E-state index is 13.6. The standard InChI is InChI=1S/C30H29ClN6O2S2/c1-16-5-10-20(11-17(16)2)34-24(39)15-40-29-36-35-28(41-29)37-22-12-30(3,4)13-23(38)26(22)25(21(14-32)27(37)33)18-6-8-19(31)9-7-18/h5-11,25H,12-13,15,33H2,1-4H3,(H,34,39). The molecule has 1 aliphatic heterocycles. The number of allylic oxidation sites excluding steroid dienone is 3. The number of carbonyl (C=O) groups is 2. The summed E-state index contributed by atoms with van der Waals surface area (Å²) in [6.07, 6.45) is 0.924. The summed E-state index contributed by atoms with van der Waals surface area (Å²) in [4.78, 5) is 28.0. The van der Waals surface area contributed by atoms with Crippen molar-refractivity contribution < 1.29 is 9.59 Å². The first-order chi connectivity index (χ1) is 19.5. The number of rotatable bonds is 6. The summed E-state index contributed by atoms with van der Waals surface area (Å²) in [5.41, 5.74) is 11.7. The lowest BCUT2D eigenvalue weighted by molar-refractivity contribution is -0.118. The van der Waals surface area contributed by atoms with Crippen LogP contribution in [0.15, 0.2) is 69.5 Å². The van der Waals surface area contributed by atoms with Gasteiger partial charge in [0.05, 0.1) is 23.3 Å². The number of halogens is 1. The molecule has 41 heavy (non-hydrogen) atoms. The summed E-state index contributed by atoms with van der Waals surface area (Å²) < 4.78 is 0.574. The van der Waals surface area contributed by atoms with E-state index in [1.54, 1.807) is 17.0 Å². The number of nitrogens with two attached hydrogens (primary N) is 1. The van der Waals surface area contributed by atoms with Crippen LogP contribution >= 0.6 is 34.7 Å². The van der Waals surface area contributed by atoms with E-state index in [2.05, 4.69) is 21.6 Å². The van der Waals surface area contributed by atoms with Crippen LogP contribution in [0.5, 0.6) is 0 Å². The van der Waals surface area contributed by atoms with Crippen LogP contribution in [0.25, 0.3) is 0 Å². The van der Waals surface area contributed by atoms with E-state index in [9.17, 15) is 14.9 Å². The maximum atomic E-state index is 13.6. The van der Waals surface area contributed by atoms with E-state index in [-0.39, 0.29) is 34.3 Å². The smallest absolute Gasteiger partial charge is 0.234 e. The molecule has 0 fully saturated rings.